The largest absolute Gasteiger partial charge is 0.394 e. The van der Waals surface area contributed by atoms with Gasteiger partial charge in [0.25, 0.3) is 0 Å². The molecule has 2 nitrogen and oxygen atoms in total. The smallest absolute Gasteiger partial charge is 0.0376 e. The Morgan fingerprint density at radius 1 is 1.56 bits per heavy atom. The van der Waals surface area contributed by atoms with Gasteiger partial charge in [-0.05, 0) is 48.4 Å². The summed E-state index contributed by atoms with van der Waals surface area (Å²) < 4.78 is 0. The second kappa shape index (κ2) is 4.60. The van der Waals surface area contributed by atoms with Crippen LogP contribution in [-0.2, 0) is 0 Å². The molecule has 0 fully saturated rings. The fourth-order valence-electron chi connectivity index (χ4n) is 2.31. The Balaban J connectivity index is 2.35. The molecule has 2 heteroatoms. The zero-order valence-corrected chi connectivity index (χ0v) is 10.3. The molecule has 1 heterocycles. The SMILES string of the molecule is CCC1CNc2ccc(/C(C)=C/NC)cc21. The number of allylic oxidation sites excluding steroid dienone is 1. The van der Waals surface area contributed by atoms with Crippen LogP contribution in [0.4, 0.5) is 5.69 Å². The molecule has 0 saturated carbocycles. The third kappa shape index (κ3) is 1.92. The van der Waals surface area contributed by atoms with Gasteiger partial charge >= 0.3 is 0 Å². The van der Waals surface area contributed by atoms with Gasteiger partial charge in [0.2, 0.25) is 0 Å². The Morgan fingerprint density at radius 3 is 3.06 bits per heavy atom. The summed E-state index contributed by atoms with van der Waals surface area (Å²) in [6.45, 7) is 5.48. The second-order valence-electron chi connectivity index (χ2n) is 4.40. The molecule has 0 radical (unpaired) electrons. The zero-order chi connectivity index (χ0) is 11.5. The highest BCUT2D eigenvalue weighted by molar-refractivity contribution is 5.69. The monoisotopic (exact) mass is 216 g/mol. The lowest BCUT2D eigenvalue weighted by atomic mass is 9.95. The first-order chi connectivity index (χ1) is 7.76. The van der Waals surface area contributed by atoms with Crippen LogP contribution < -0.4 is 10.6 Å². The highest BCUT2D eigenvalue weighted by atomic mass is 14.9. The summed E-state index contributed by atoms with van der Waals surface area (Å²) in [7, 11) is 1.94. The van der Waals surface area contributed by atoms with Crippen LogP contribution in [-0.4, -0.2) is 13.6 Å². The van der Waals surface area contributed by atoms with Gasteiger partial charge in [0.05, 0.1) is 0 Å². The van der Waals surface area contributed by atoms with Crippen molar-refractivity contribution < 1.29 is 0 Å². The molecule has 2 N–H and O–H groups in total. The van der Waals surface area contributed by atoms with Crippen LogP contribution in [0.1, 0.15) is 37.3 Å². The number of benzene rings is 1. The van der Waals surface area contributed by atoms with Crippen molar-refractivity contribution in [3.63, 3.8) is 0 Å². The number of rotatable bonds is 3. The van der Waals surface area contributed by atoms with E-state index >= 15 is 0 Å². The van der Waals surface area contributed by atoms with Gasteiger partial charge in [-0.15, -0.1) is 0 Å². The molecular weight excluding hydrogens is 196 g/mol. The molecule has 1 unspecified atom stereocenters. The third-order valence-electron chi connectivity index (χ3n) is 3.34. The maximum atomic E-state index is 3.46. The van der Waals surface area contributed by atoms with Crippen LogP contribution in [0.3, 0.4) is 0 Å². The highest BCUT2D eigenvalue weighted by Gasteiger charge is 2.20. The minimum absolute atomic E-state index is 0.678. The van der Waals surface area contributed by atoms with Crippen molar-refractivity contribution in [1.82, 2.24) is 5.32 Å². The van der Waals surface area contributed by atoms with Gasteiger partial charge in [0.1, 0.15) is 0 Å². The summed E-state index contributed by atoms with van der Waals surface area (Å²) in [6, 6.07) is 6.72. The van der Waals surface area contributed by atoms with Crippen molar-refractivity contribution >= 4 is 11.3 Å². The van der Waals surface area contributed by atoms with Crippen LogP contribution in [0.25, 0.3) is 5.57 Å². The van der Waals surface area contributed by atoms with Gasteiger partial charge in [-0.25, -0.2) is 0 Å². The van der Waals surface area contributed by atoms with Crippen LogP contribution in [0, 0.1) is 0 Å². The summed E-state index contributed by atoms with van der Waals surface area (Å²) in [5.74, 6) is 0.678. The molecule has 2 rings (SSSR count). The van der Waals surface area contributed by atoms with E-state index in [1.54, 1.807) is 0 Å². The molecule has 1 atom stereocenters. The summed E-state index contributed by atoms with van der Waals surface area (Å²) in [6.07, 6.45) is 3.25. The number of fused-ring (bicyclic) bond motifs is 1. The molecule has 0 aromatic heterocycles. The predicted octanol–water partition coefficient (Wildman–Crippen LogP) is 3.19. The number of hydrogen-bond acceptors (Lipinski definition) is 2. The summed E-state index contributed by atoms with van der Waals surface area (Å²) >= 11 is 0. The molecule has 0 amide bonds. The Morgan fingerprint density at radius 2 is 2.38 bits per heavy atom. The standard InChI is InChI=1S/C14H20N2/c1-4-11-9-16-14-6-5-12(7-13(11)14)10(2)8-15-3/h5-8,11,15-16H,4,9H2,1-3H3/b10-8+. The second-order valence-corrected chi connectivity index (χ2v) is 4.40. The van der Waals surface area contributed by atoms with Crippen LogP contribution in [0.5, 0.6) is 0 Å². The summed E-state index contributed by atoms with van der Waals surface area (Å²) in [5, 5.41) is 6.55. The van der Waals surface area contributed by atoms with Crippen LogP contribution in [0.15, 0.2) is 24.4 Å². The van der Waals surface area contributed by atoms with Gasteiger partial charge in [-0.2, -0.15) is 0 Å². The van der Waals surface area contributed by atoms with E-state index in [0.717, 1.165) is 6.54 Å². The fraction of sp³-hybridized carbons (Fsp3) is 0.429. The van der Waals surface area contributed by atoms with E-state index in [0.29, 0.717) is 5.92 Å². The first kappa shape index (κ1) is 11.1. The molecule has 1 aliphatic heterocycles. The van der Waals surface area contributed by atoms with E-state index in [9.17, 15) is 0 Å². The van der Waals surface area contributed by atoms with Gasteiger partial charge < -0.3 is 10.6 Å². The van der Waals surface area contributed by atoms with Crippen LogP contribution >= 0.6 is 0 Å². The van der Waals surface area contributed by atoms with E-state index in [2.05, 4.69) is 42.7 Å². The minimum atomic E-state index is 0.678. The Bertz CT molecular complexity index is 407. The number of hydrogen-bond donors (Lipinski definition) is 2. The van der Waals surface area contributed by atoms with Crippen molar-refractivity contribution in [1.29, 1.82) is 0 Å². The number of anilines is 1. The topological polar surface area (TPSA) is 24.1 Å². The van der Waals surface area contributed by atoms with E-state index in [4.69, 9.17) is 0 Å². The molecule has 1 aromatic rings. The molecule has 0 aliphatic carbocycles. The first-order valence-corrected chi connectivity index (χ1v) is 5.98. The molecule has 0 spiro atoms. The highest BCUT2D eigenvalue weighted by Crippen LogP contribution is 2.35. The van der Waals surface area contributed by atoms with E-state index in [-0.39, 0.29) is 0 Å². The molecule has 86 valence electrons. The lowest BCUT2D eigenvalue weighted by Gasteiger charge is -2.09. The maximum absolute atomic E-state index is 3.46. The van der Waals surface area contributed by atoms with Gasteiger partial charge in [0, 0.05) is 25.2 Å². The average Bonchev–Trinajstić information content (AvgIpc) is 2.71. The third-order valence-corrected chi connectivity index (χ3v) is 3.34. The van der Waals surface area contributed by atoms with Crippen molar-refractivity contribution in [2.75, 3.05) is 18.9 Å². The Labute approximate surface area is 97.8 Å². The lowest BCUT2D eigenvalue weighted by molar-refractivity contribution is 0.727. The van der Waals surface area contributed by atoms with Gasteiger partial charge in [-0.3, -0.25) is 0 Å². The first-order valence-electron chi connectivity index (χ1n) is 5.98. The van der Waals surface area contributed by atoms with E-state index in [1.807, 2.05) is 13.2 Å². The average molecular weight is 216 g/mol. The fourth-order valence-corrected chi connectivity index (χ4v) is 2.31. The van der Waals surface area contributed by atoms with E-state index < -0.39 is 0 Å². The minimum Gasteiger partial charge on any atom is -0.394 e. The van der Waals surface area contributed by atoms with Crippen molar-refractivity contribution in [2.45, 2.75) is 26.2 Å². The van der Waals surface area contributed by atoms with Gasteiger partial charge in [0.15, 0.2) is 0 Å². The quantitative estimate of drug-likeness (QED) is 0.811. The molecule has 0 saturated heterocycles. The van der Waals surface area contributed by atoms with E-state index in [1.165, 1.54) is 28.8 Å². The Kier molecular flexibility index (Phi) is 3.18. The lowest BCUT2D eigenvalue weighted by Crippen LogP contribution is -1.99. The molecular formula is C14H20N2. The van der Waals surface area contributed by atoms with Crippen molar-refractivity contribution in [3.8, 4) is 0 Å². The summed E-state index contributed by atoms with van der Waals surface area (Å²) in [4.78, 5) is 0. The van der Waals surface area contributed by atoms with Crippen LogP contribution in [0.2, 0.25) is 0 Å². The zero-order valence-electron chi connectivity index (χ0n) is 10.3. The summed E-state index contributed by atoms with van der Waals surface area (Å²) in [5.41, 5.74) is 5.39. The normalized spacial score (nSPS) is 19.2. The molecule has 1 aliphatic rings. The van der Waals surface area contributed by atoms with Crippen molar-refractivity contribution in [3.05, 3.63) is 35.5 Å². The van der Waals surface area contributed by atoms with Crippen molar-refractivity contribution in [2.24, 2.45) is 0 Å². The van der Waals surface area contributed by atoms with Gasteiger partial charge in [-0.1, -0.05) is 13.0 Å². The molecule has 16 heavy (non-hydrogen) atoms. The Hall–Kier alpha value is -1.44. The maximum Gasteiger partial charge on any atom is 0.0376 e. The molecule has 1 aromatic carbocycles. The number of nitrogens with one attached hydrogen (secondary N) is 2. The molecule has 0 bridgehead atoms. The predicted molar refractivity (Wildman–Crippen MR) is 70.7 cm³/mol.